The Hall–Kier alpha value is -0.920. The van der Waals surface area contributed by atoms with Crippen LogP contribution in [-0.2, 0) is 11.8 Å². The molecule has 0 aliphatic carbocycles. The van der Waals surface area contributed by atoms with Crippen LogP contribution in [0.4, 0.5) is 0 Å². The molecular formula is C12H20N2. The minimum absolute atomic E-state index is 0.129. The largest absolute Gasteiger partial charge is 0.241 e. The van der Waals surface area contributed by atoms with Crippen molar-refractivity contribution in [1.82, 2.24) is 9.97 Å². The Kier molecular flexibility index (Phi) is 3.62. The van der Waals surface area contributed by atoms with Gasteiger partial charge in [0.2, 0.25) is 0 Å². The number of nitrogens with zero attached hydrogens (tertiary/aromatic N) is 2. The van der Waals surface area contributed by atoms with Crippen molar-refractivity contribution in [3.05, 3.63) is 23.8 Å². The molecule has 0 aliphatic rings. The maximum atomic E-state index is 4.57. The van der Waals surface area contributed by atoms with Crippen molar-refractivity contribution in [2.24, 2.45) is 0 Å². The summed E-state index contributed by atoms with van der Waals surface area (Å²) >= 11 is 0. The van der Waals surface area contributed by atoms with E-state index in [1.165, 1.54) is 12.8 Å². The Morgan fingerprint density at radius 2 is 2.00 bits per heavy atom. The van der Waals surface area contributed by atoms with Crippen LogP contribution in [0.3, 0.4) is 0 Å². The summed E-state index contributed by atoms with van der Waals surface area (Å²) in [7, 11) is 0. The average Bonchev–Trinajstić information content (AvgIpc) is 2.14. The van der Waals surface area contributed by atoms with E-state index in [2.05, 4.69) is 37.7 Å². The molecule has 0 saturated carbocycles. The van der Waals surface area contributed by atoms with Gasteiger partial charge in [0.25, 0.3) is 0 Å². The second kappa shape index (κ2) is 4.54. The third-order valence-electron chi connectivity index (χ3n) is 2.23. The lowest BCUT2D eigenvalue weighted by molar-refractivity contribution is 0.560. The predicted molar refractivity (Wildman–Crippen MR) is 59.3 cm³/mol. The van der Waals surface area contributed by atoms with Gasteiger partial charge in [-0.15, -0.1) is 0 Å². The van der Waals surface area contributed by atoms with Crippen molar-refractivity contribution in [3.8, 4) is 0 Å². The molecule has 0 saturated heterocycles. The van der Waals surface area contributed by atoms with Crippen LogP contribution in [0.5, 0.6) is 0 Å². The van der Waals surface area contributed by atoms with Crippen LogP contribution in [-0.4, -0.2) is 9.97 Å². The number of aromatic nitrogens is 2. The first kappa shape index (κ1) is 11.2. The van der Waals surface area contributed by atoms with Gasteiger partial charge in [0, 0.05) is 23.7 Å². The SMILES string of the molecule is CCCCc1nccc(C(C)(C)C)n1. The highest BCUT2D eigenvalue weighted by Gasteiger charge is 2.15. The summed E-state index contributed by atoms with van der Waals surface area (Å²) in [6.45, 7) is 8.73. The van der Waals surface area contributed by atoms with E-state index in [1.54, 1.807) is 0 Å². The van der Waals surface area contributed by atoms with Gasteiger partial charge in [-0.05, 0) is 12.5 Å². The van der Waals surface area contributed by atoms with E-state index in [0.717, 1.165) is 17.9 Å². The Morgan fingerprint density at radius 1 is 1.29 bits per heavy atom. The molecule has 0 atom stereocenters. The average molecular weight is 192 g/mol. The van der Waals surface area contributed by atoms with Crippen molar-refractivity contribution >= 4 is 0 Å². The fraction of sp³-hybridized carbons (Fsp3) is 0.667. The number of aryl methyl sites for hydroxylation is 1. The minimum atomic E-state index is 0.129. The number of hydrogen-bond donors (Lipinski definition) is 0. The van der Waals surface area contributed by atoms with Crippen molar-refractivity contribution in [1.29, 1.82) is 0 Å². The molecule has 1 aromatic rings. The van der Waals surface area contributed by atoms with Gasteiger partial charge in [-0.1, -0.05) is 34.1 Å². The normalized spacial score (nSPS) is 11.7. The lowest BCUT2D eigenvalue weighted by atomic mass is 9.92. The van der Waals surface area contributed by atoms with Crippen LogP contribution in [0.2, 0.25) is 0 Å². The van der Waals surface area contributed by atoms with Gasteiger partial charge >= 0.3 is 0 Å². The summed E-state index contributed by atoms with van der Waals surface area (Å²) < 4.78 is 0. The zero-order chi connectivity index (χ0) is 10.6. The lowest BCUT2D eigenvalue weighted by Crippen LogP contribution is -2.15. The zero-order valence-corrected chi connectivity index (χ0v) is 9.67. The number of rotatable bonds is 3. The first-order valence-electron chi connectivity index (χ1n) is 5.36. The smallest absolute Gasteiger partial charge is 0.128 e. The third-order valence-corrected chi connectivity index (χ3v) is 2.23. The van der Waals surface area contributed by atoms with Gasteiger partial charge in [0.1, 0.15) is 5.82 Å². The van der Waals surface area contributed by atoms with Gasteiger partial charge < -0.3 is 0 Å². The van der Waals surface area contributed by atoms with Crippen LogP contribution < -0.4 is 0 Å². The zero-order valence-electron chi connectivity index (χ0n) is 9.67. The molecule has 0 amide bonds. The highest BCUT2D eigenvalue weighted by molar-refractivity contribution is 5.12. The molecule has 0 N–H and O–H groups in total. The molecule has 2 nitrogen and oxygen atoms in total. The van der Waals surface area contributed by atoms with Gasteiger partial charge in [0.05, 0.1) is 0 Å². The Bertz CT molecular complexity index is 287. The van der Waals surface area contributed by atoms with Crippen molar-refractivity contribution in [3.63, 3.8) is 0 Å². The van der Waals surface area contributed by atoms with E-state index < -0.39 is 0 Å². The maximum Gasteiger partial charge on any atom is 0.128 e. The van der Waals surface area contributed by atoms with Crippen LogP contribution in [0.25, 0.3) is 0 Å². The molecule has 0 spiro atoms. The van der Waals surface area contributed by atoms with Crippen LogP contribution in [0.15, 0.2) is 12.3 Å². The van der Waals surface area contributed by atoms with Gasteiger partial charge in [-0.25, -0.2) is 9.97 Å². The Balaban J connectivity index is 2.79. The summed E-state index contributed by atoms with van der Waals surface area (Å²) in [5, 5.41) is 0. The quantitative estimate of drug-likeness (QED) is 0.735. The van der Waals surface area contributed by atoms with E-state index in [-0.39, 0.29) is 5.41 Å². The minimum Gasteiger partial charge on any atom is -0.241 e. The summed E-state index contributed by atoms with van der Waals surface area (Å²) in [6, 6.07) is 2.01. The second-order valence-corrected chi connectivity index (χ2v) is 4.71. The molecule has 0 radical (unpaired) electrons. The highest BCUT2D eigenvalue weighted by atomic mass is 14.9. The van der Waals surface area contributed by atoms with E-state index in [9.17, 15) is 0 Å². The van der Waals surface area contributed by atoms with Crippen molar-refractivity contribution in [2.75, 3.05) is 0 Å². The lowest BCUT2D eigenvalue weighted by Gasteiger charge is -2.17. The maximum absolute atomic E-state index is 4.57. The monoisotopic (exact) mass is 192 g/mol. The standard InChI is InChI=1S/C12H20N2/c1-5-6-7-11-13-9-8-10(14-11)12(2,3)4/h8-9H,5-7H2,1-4H3. The molecule has 1 heterocycles. The molecule has 78 valence electrons. The fourth-order valence-electron chi connectivity index (χ4n) is 1.27. The fourth-order valence-corrected chi connectivity index (χ4v) is 1.27. The molecule has 1 rings (SSSR count). The first-order chi connectivity index (χ1) is 6.54. The molecular weight excluding hydrogens is 172 g/mol. The predicted octanol–water partition coefficient (Wildman–Crippen LogP) is 3.12. The van der Waals surface area contributed by atoms with E-state index in [1.807, 2.05) is 12.3 Å². The van der Waals surface area contributed by atoms with E-state index in [0.29, 0.717) is 0 Å². The van der Waals surface area contributed by atoms with Gasteiger partial charge in [-0.3, -0.25) is 0 Å². The number of unbranched alkanes of at least 4 members (excludes halogenated alkanes) is 1. The summed E-state index contributed by atoms with van der Waals surface area (Å²) in [6.07, 6.45) is 5.25. The number of hydrogen-bond acceptors (Lipinski definition) is 2. The van der Waals surface area contributed by atoms with Crippen molar-refractivity contribution < 1.29 is 0 Å². The molecule has 0 bridgehead atoms. The summed E-state index contributed by atoms with van der Waals surface area (Å²) in [4.78, 5) is 8.85. The second-order valence-electron chi connectivity index (χ2n) is 4.71. The Labute approximate surface area is 86.8 Å². The molecule has 0 aliphatic heterocycles. The summed E-state index contributed by atoms with van der Waals surface area (Å²) in [5.41, 5.74) is 1.27. The molecule has 0 unspecified atom stereocenters. The third kappa shape index (κ3) is 3.09. The van der Waals surface area contributed by atoms with Gasteiger partial charge in [-0.2, -0.15) is 0 Å². The molecule has 1 aromatic heterocycles. The highest BCUT2D eigenvalue weighted by Crippen LogP contribution is 2.19. The first-order valence-corrected chi connectivity index (χ1v) is 5.36. The topological polar surface area (TPSA) is 25.8 Å². The van der Waals surface area contributed by atoms with Crippen molar-refractivity contribution in [2.45, 2.75) is 52.4 Å². The Morgan fingerprint density at radius 3 is 2.57 bits per heavy atom. The molecule has 0 fully saturated rings. The van der Waals surface area contributed by atoms with E-state index in [4.69, 9.17) is 0 Å². The summed E-state index contributed by atoms with van der Waals surface area (Å²) in [5.74, 6) is 0.985. The van der Waals surface area contributed by atoms with Crippen LogP contribution in [0.1, 0.15) is 52.1 Å². The molecule has 14 heavy (non-hydrogen) atoms. The van der Waals surface area contributed by atoms with Crippen LogP contribution >= 0.6 is 0 Å². The molecule has 0 aromatic carbocycles. The van der Waals surface area contributed by atoms with Gasteiger partial charge in [0.15, 0.2) is 0 Å². The molecule has 2 heteroatoms. The van der Waals surface area contributed by atoms with Crippen LogP contribution in [0, 0.1) is 0 Å². The van der Waals surface area contributed by atoms with E-state index >= 15 is 0 Å².